The summed E-state index contributed by atoms with van der Waals surface area (Å²) in [6, 6.07) is 9.52. The predicted molar refractivity (Wildman–Crippen MR) is 69.5 cm³/mol. The van der Waals surface area contributed by atoms with Crippen LogP contribution < -0.4 is 5.32 Å². The summed E-state index contributed by atoms with van der Waals surface area (Å²) in [6.45, 7) is 0. The number of amides is 1. The molecule has 0 aliphatic heterocycles. The molecule has 0 unspecified atom stereocenters. The standard InChI is InChI=1S/C13H12N4O/c1-17-8-10(9-4-2-3-5-11(9)17)13(18)15-12-6-7-14-16-12/h2-8H,1H3,(H2,14,15,16,18). The van der Waals surface area contributed by atoms with Crippen molar-refractivity contribution in [1.29, 1.82) is 0 Å². The molecule has 0 saturated carbocycles. The van der Waals surface area contributed by atoms with E-state index in [9.17, 15) is 4.79 Å². The lowest BCUT2D eigenvalue weighted by atomic mass is 10.1. The summed E-state index contributed by atoms with van der Waals surface area (Å²) >= 11 is 0. The van der Waals surface area contributed by atoms with Crippen LogP contribution in [0, 0.1) is 0 Å². The minimum atomic E-state index is -0.143. The number of fused-ring (bicyclic) bond motifs is 1. The number of benzene rings is 1. The third-order valence-electron chi connectivity index (χ3n) is 2.89. The molecule has 1 amide bonds. The van der Waals surface area contributed by atoms with Crippen molar-refractivity contribution in [3.8, 4) is 0 Å². The predicted octanol–water partition coefficient (Wildman–Crippen LogP) is 2.15. The van der Waals surface area contributed by atoms with Crippen LogP contribution in [-0.4, -0.2) is 20.7 Å². The topological polar surface area (TPSA) is 62.7 Å². The lowest BCUT2D eigenvalue weighted by molar-refractivity contribution is 0.102. The zero-order valence-electron chi connectivity index (χ0n) is 9.84. The first-order chi connectivity index (χ1) is 8.75. The molecule has 18 heavy (non-hydrogen) atoms. The van der Waals surface area contributed by atoms with Gasteiger partial charge in [-0.05, 0) is 6.07 Å². The maximum absolute atomic E-state index is 12.2. The van der Waals surface area contributed by atoms with Crippen LogP contribution >= 0.6 is 0 Å². The van der Waals surface area contributed by atoms with Gasteiger partial charge >= 0.3 is 0 Å². The maximum Gasteiger partial charge on any atom is 0.258 e. The zero-order valence-corrected chi connectivity index (χ0v) is 9.84. The van der Waals surface area contributed by atoms with Crippen LogP contribution in [0.15, 0.2) is 42.7 Å². The summed E-state index contributed by atoms with van der Waals surface area (Å²) in [5, 5.41) is 10.2. The molecule has 0 saturated heterocycles. The number of hydrogen-bond donors (Lipinski definition) is 2. The number of anilines is 1. The molecule has 3 rings (SSSR count). The summed E-state index contributed by atoms with van der Waals surface area (Å²) in [7, 11) is 1.93. The fraction of sp³-hybridized carbons (Fsp3) is 0.0769. The highest BCUT2D eigenvalue weighted by Gasteiger charge is 2.13. The van der Waals surface area contributed by atoms with Crippen molar-refractivity contribution in [2.45, 2.75) is 0 Å². The van der Waals surface area contributed by atoms with Crippen molar-refractivity contribution >= 4 is 22.6 Å². The first kappa shape index (κ1) is 10.6. The molecule has 3 aromatic rings. The van der Waals surface area contributed by atoms with Gasteiger partial charge in [0.1, 0.15) is 5.82 Å². The van der Waals surface area contributed by atoms with Crippen molar-refractivity contribution in [2.75, 3.05) is 5.32 Å². The van der Waals surface area contributed by atoms with E-state index in [0.29, 0.717) is 11.4 Å². The zero-order chi connectivity index (χ0) is 12.5. The van der Waals surface area contributed by atoms with Crippen molar-refractivity contribution in [2.24, 2.45) is 7.05 Å². The maximum atomic E-state index is 12.2. The Morgan fingerprint density at radius 1 is 1.33 bits per heavy atom. The van der Waals surface area contributed by atoms with Crippen LogP contribution in [-0.2, 0) is 7.05 Å². The van der Waals surface area contributed by atoms with Gasteiger partial charge in [0.15, 0.2) is 0 Å². The van der Waals surface area contributed by atoms with Gasteiger partial charge in [0, 0.05) is 30.2 Å². The largest absolute Gasteiger partial charge is 0.350 e. The fourth-order valence-corrected chi connectivity index (χ4v) is 2.04. The lowest BCUT2D eigenvalue weighted by Gasteiger charge is -2.00. The number of hydrogen-bond acceptors (Lipinski definition) is 2. The van der Waals surface area contributed by atoms with Gasteiger partial charge in [-0.3, -0.25) is 9.89 Å². The van der Waals surface area contributed by atoms with Crippen LogP contribution in [0.4, 0.5) is 5.82 Å². The van der Waals surface area contributed by atoms with Crippen LogP contribution in [0.3, 0.4) is 0 Å². The monoisotopic (exact) mass is 240 g/mol. The number of aryl methyl sites for hydroxylation is 1. The second-order valence-corrected chi connectivity index (χ2v) is 4.10. The van der Waals surface area contributed by atoms with Crippen LogP contribution in [0.5, 0.6) is 0 Å². The van der Waals surface area contributed by atoms with Crippen LogP contribution in [0.25, 0.3) is 10.9 Å². The van der Waals surface area contributed by atoms with Crippen molar-refractivity contribution < 1.29 is 4.79 Å². The molecule has 5 nitrogen and oxygen atoms in total. The molecule has 0 fully saturated rings. The van der Waals surface area contributed by atoms with Gasteiger partial charge in [0.25, 0.3) is 5.91 Å². The Balaban J connectivity index is 2.01. The molecule has 0 aliphatic rings. The number of H-pyrrole nitrogens is 1. The number of nitrogens with one attached hydrogen (secondary N) is 2. The highest BCUT2D eigenvalue weighted by molar-refractivity contribution is 6.12. The second-order valence-electron chi connectivity index (χ2n) is 4.10. The van der Waals surface area contributed by atoms with Gasteiger partial charge in [-0.1, -0.05) is 18.2 Å². The van der Waals surface area contributed by atoms with Gasteiger partial charge in [0.05, 0.1) is 11.8 Å². The molecule has 2 aromatic heterocycles. The normalized spacial score (nSPS) is 10.7. The third-order valence-corrected chi connectivity index (χ3v) is 2.89. The van der Waals surface area contributed by atoms with E-state index >= 15 is 0 Å². The van der Waals surface area contributed by atoms with E-state index in [1.807, 2.05) is 42.1 Å². The summed E-state index contributed by atoms with van der Waals surface area (Å²) < 4.78 is 1.94. The Bertz CT molecular complexity index is 697. The molecule has 0 aliphatic carbocycles. The molecular weight excluding hydrogens is 228 g/mol. The van der Waals surface area contributed by atoms with E-state index in [1.54, 1.807) is 12.3 Å². The minimum absolute atomic E-state index is 0.143. The fourth-order valence-electron chi connectivity index (χ4n) is 2.04. The number of aromatic amines is 1. The first-order valence-electron chi connectivity index (χ1n) is 5.60. The minimum Gasteiger partial charge on any atom is -0.350 e. The second kappa shape index (κ2) is 4.03. The highest BCUT2D eigenvalue weighted by atomic mass is 16.1. The van der Waals surface area contributed by atoms with E-state index in [0.717, 1.165) is 10.9 Å². The number of para-hydroxylation sites is 1. The molecule has 2 heterocycles. The van der Waals surface area contributed by atoms with Crippen LogP contribution in [0.1, 0.15) is 10.4 Å². The van der Waals surface area contributed by atoms with Gasteiger partial charge < -0.3 is 9.88 Å². The third kappa shape index (κ3) is 1.66. The Hall–Kier alpha value is -2.56. The van der Waals surface area contributed by atoms with E-state index < -0.39 is 0 Å². The Morgan fingerprint density at radius 2 is 2.17 bits per heavy atom. The molecular formula is C13H12N4O. The van der Waals surface area contributed by atoms with Gasteiger partial charge in [0.2, 0.25) is 0 Å². The van der Waals surface area contributed by atoms with Crippen LogP contribution in [0.2, 0.25) is 0 Å². The Labute approximate surface area is 103 Å². The van der Waals surface area contributed by atoms with E-state index in [-0.39, 0.29) is 5.91 Å². The van der Waals surface area contributed by atoms with Crippen molar-refractivity contribution in [3.05, 3.63) is 48.3 Å². The van der Waals surface area contributed by atoms with E-state index in [4.69, 9.17) is 0 Å². The number of nitrogens with zero attached hydrogens (tertiary/aromatic N) is 2. The molecule has 5 heteroatoms. The molecule has 0 atom stereocenters. The lowest BCUT2D eigenvalue weighted by Crippen LogP contribution is -2.11. The molecule has 0 radical (unpaired) electrons. The number of aromatic nitrogens is 3. The van der Waals surface area contributed by atoms with Gasteiger partial charge in [-0.2, -0.15) is 5.10 Å². The van der Waals surface area contributed by atoms with Crippen molar-refractivity contribution in [3.63, 3.8) is 0 Å². The highest BCUT2D eigenvalue weighted by Crippen LogP contribution is 2.20. The summed E-state index contributed by atoms with van der Waals surface area (Å²) in [6.07, 6.45) is 3.43. The summed E-state index contributed by atoms with van der Waals surface area (Å²) in [5.74, 6) is 0.448. The Kier molecular flexibility index (Phi) is 2.37. The molecule has 1 aromatic carbocycles. The number of carbonyl (C=O) groups excluding carboxylic acids is 1. The average Bonchev–Trinajstić information content (AvgIpc) is 2.98. The van der Waals surface area contributed by atoms with Crippen molar-refractivity contribution in [1.82, 2.24) is 14.8 Å². The SMILES string of the molecule is Cn1cc(C(=O)Nc2ccn[nH]2)c2ccccc21. The molecule has 0 bridgehead atoms. The van der Waals surface area contributed by atoms with E-state index in [1.165, 1.54) is 0 Å². The Morgan fingerprint density at radius 3 is 2.94 bits per heavy atom. The van der Waals surface area contributed by atoms with Gasteiger partial charge in [-0.15, -0.1) is 0 Å². The summed E-state index contributed by atoms with van der Waals surface area (Å²) in [5.41, 5.74) is 1.69. The first-order valence-corrected chi connectivity index (χ1v) is 5.60. The summed E-state index contributed by atoms with van der Waals surface area (Å²) in [4.78, 5) is 12.2. The smallest absolute Gasteiger partial charge is 0.258 e. The number of carbonyl (C=O) groups is 1. The number of rotatable bonds is 2. The quantitative estimate of drug-likeness (QED) is 0.721. The average molecular weight is 240 g/mol. The molecule has 2 N–H and O–H groups in total. The molecule has 90 valence electrons. The van der Waals surface area contributed by atoms with E-state index in [2.05, 4.69) is 15.5 Å². The van der Waals surface area contributed by atoms with Gasteiger partial charge in [-0.25, -0.2) is 0 Å². The molecule has 0 spiro atoms.